The number of hydrogen-bond acceptors (Lipinski definition) is 4. The highest BCUT2D eigenvalue weighted by Gasteiger charge is 2.48. The quantitative estimate of drug-likeness (QED) is 0.863. The first kappa shape index (κ1) is 14.3. The van der Waals surface area contributed by atoms with E-state index in [0.717, 1.165) is 32.7 Å². The number of likely N-dealkylation sites (tertiary alicyclic amines) is 2. The molecule has 1 atom stereocenters. The Bertz CT molecular complexity index is 628. The van der Waals surface area contributed by atoms with Gasteiger partial charge in [-0.1, -0.05) is 12.1 Å². The van der Waals surface area contributed by atoms with Crippen LogP contribution in [-0.2, 0) is 13.1 Å². The van der Waals surface area contributed by atoms with Crippen LogP contribution in [0.15, 0.2) is 35.8 Å². The summed E-state index contributed by atoms with van der Waals surface area (Å²) in [6.45, 7) is 5.35. The molecule has 1 spiro atoms. The van der Waals surface area contributed by atoms with Gasteiger partial charge in [-0.15, -0.1) is 11.3 Å². The molecule has 4 rings (SSSR count). The topological polar surface area (TPSA) is 19.4 Å². The summed E-state index contributed by atoms with van der Waals surface area (Å²) in [5, 5.41) is 3.26. The number of rotatable bonds is 4. The smallest absolute Gasteiger partial charge is 0.123 e. The van der Waals surface area contributed by atoms with Gasteiger partial charge in [0.2, 0.25) is 0 Å². The lowest BCUT2D eigenvalue weighted by molar-refractivity contribution is -0.0146. The molecule has 116 valence electrons. The molecule has 0 N–H and O–H groups in total. The highest BCUT2D eigenvalue weighted by molar-refractivity contribution is 7.09. The monoisotopic (exact) mass is 317 g/mol. The molecule has 2 aromatic rings. The zero-order chi connectivity index (χ0) is 15.0. The van der Waals surface area contributed by atoms with Crippen LogP contribution in [0.25, 0.3) is 0 Å². The van der Waals surface area contributed by atoms with Gasteiger partial charge in [0.05, 0.1) is 6.54 Å². The summed E-state index contributed by atoms with van der Waals surface area (Å²) in [7, 11) is 0. The third kappa shape index (κ3) is 2.69. The van der Waals surface area contributed by atoms with Gasteiger partial charge < -0.3 is 0 Å². The van der Waals surface area contributed by atoms with E-state index in [0.29, 0.717) is 5.54 Å². The molecule has 2 aliphatic heterocycles. The van der Waals surface area contributed by atoms with Crippen molar-refractivity contribution in [2.45, 2.75) is 31.5 Å². The molecule has 0 saturated carbocycles. The van der Waals surface area contributed by atoms with Crippen molar-refractivity contribution in [2.75, 3.05) is 19.6 Å². The van der Waals surface area contributed by atoms with Crippen molar-refractivity contribution in [1.82, 2.24) is 14.8 Å². The van der Waals surface area contributed by atoms with Gasteiger partial charge in [-0.25, -0.2) is 9.37 Å². The van der Waals surface area contributed by atoms with Gasteiger partial charge in [0.15, 0.2) is 0 Å². The molecule has 2 fully saturated rings. The van der Waals surface area contributed by atoms with Crippen molar-refractivity contribution in [2.24, 2.45) is 0 Å². The number of benzene rings is 1. The number of nitrogens with zero attached hydrogens (tertiary/aromatic N) is 3. The Morgan fingerprint density at radius 1 is 1.14 bits per heavy atom. The SMILES string of the molecule is Fc1ccc(CN2CCC23CCN(Cc2nccs2)C3)cc1. The third-order valence-electron chi connectivity index (χ3n) is 5.06. The molecule has 0 amide bonds. The third-order valence-corrected chi connectivity index (χ3v) is 5.82. The summed E-state index contributed by atoms with van der Waals surface area (Å²) >= 11 is 1.74. The maximum Gasteiger partial charge on any atom is 0.123 e. The zero-order valence-electron chi connectivity index (χ0n) is 12.5. The molecule has 2 saturated heterocycles. The minimum Gasteiger partial charge on any atom is -0.295 e. The van der Waals surface area contributed by atoms with Crippen LogP contribution in [-0.4, -0.2) is 40.0 Å². The summed E-state index contributed by atoms with van der Waals surface area (Å²) in [6, 6.07) is 6.93. The Balaban J connectivity index is 1.39. The number of halogens is 1. The minimum absolute atomic E-state index is 0.155. The molecule has 0 bridgehead atoms. The van der Waals surface area contributed by atoms with Crippen molar-refractivity contribution in [3.05, 3.63) is 52.2 Å². The Morgan fingerprint density at radius 3 is 2.64 bits per heavy atom. The molecule has 0 radical (unpaired) electrons. The van der Waals surface area contributed by atoms with E-state index in [9.17, 15) is 4.39 Å². The van der Waals surface area contributed by atoms with Gasteiger partial charge in [0.25, 0.3) is 0 Å². The first-order valence-corrected chi connectivity index (χ1v) is 8.72. The van der Waals surface area contributed by atoms with Crippen LogP contribution in [0.5, 0.6) is 0 Å². The Hall–Kier alpha value is -1.30. The van der Waals surface area contributed by atoms with Crippen LogP contribution in [0.3, 0.4) is 0 Å². The summed E-state index contributed by atoms with van der Waals surface area (Å²) in [4.78, 5) is 9.49. The van der Waals surface area contributed by atoms with Crippen LogP contribution < -0.4 is 0 Å². The van der Waals surface area contributed by atoms with Crippen LogP contribution in [0.1, 0.15) is 23.4 Å². The minimum atomic E-state index is -0.155. The molecule has 1 unspecified atom stereocenters. The van der Waals surface area contributed by atoms with Gasteiger partial charge in [0, 0.05) is 43.3 Å². The average Bonchev–Trinajstić information content (AvgIpc) is 3.17. The molecule has 1 aromatic carbocycles. The Kier molecular flexibility index (Phi) is 3.72. The Morgan fingerprint density at radius 2 is 1.95 bits per heavy atom. The molecule has 3 heterocycles. The molecule has 5 heteroatoms. The molecule has 22 heavy (non-hydrogen) atoms. The second-order valence-electron chi connectivity index (χ2n) is 6.41. The van der Waals surface area contributed by atoms with Gasteiger partial charge >= 0.3 is 0 Å². The fourth-order valence-electron chi connectivity index (χ4n) is 3.70. The lowest BCUT2D eigenvalue weighted by Gasteiger charge is -2.51. The van der Waals surface area contributed by atoms with E-state index in [1.54, 1.807) is 23.5 Å². The van der Waals surface area contributed by atoms with Crippen molar-refractivity contribution in [3.63, 3.8) is 0 Å². The fraction of sp³-hybridized carbons (Fsp3) is 0.471. The van der Waals surface area contributed by atoms with Gasteiger partial charge in [-0.2, -0.15) is 0 Å². The van der Waals surface area contributed by atoms with Crippen LogP contribution in [0.4, 0.5) is 4.39 Å². The summed E-state index contributed by atoms with van der Waals surface area (Å²) in [5.74, 6) is -0.155. The van der Waals surface area contributed by atoms with E-state index in [-0.39, 0.29) is 5.82 Å². The van der Waals surface area contributed by atoms with Crippen LogP contribution >= 0.6 is 11.3 Å². The van der Waals surface area contributed by atoms with Crippen molar-refractivity contribution in [3.8, 4) is 0 Å². The molecule has 0 aliphatic carbocycles. The lowest BCUT2D eigenvalue weighted by atomic mass is 9.83. The summed E-state index contributed by atoms with van der Waals surface area (Å²) in [5.41, 5.74) is 1.55. The van der Waals surface area contributed by atoms with Crippen LogP contribution in [0, 0.1) is 5.82 Å². The average molecular weight is 317 g/mol. The second kappa shape index (κ2) is 5.72. The van der Waals surface area contributed by atoms with Gasteiger partial charge in [-0.05, 0) is 30.5 Å². The molecule has 1 aromatic heterocycles. The number of hydrogen-bond donors (Lipinski definition) is 0. The summed E-state index contributed by atoms with van der Waals surface area (Å²) < 4.78 is 13.0. The zero-order valence-corrected chi connectivity index (χ0v) is 13.4. The maximum atomic E-state index is 13.0. The molecular weight excluding hydrogens is 297 g/mol. The van der Waals surface area contributed by atoms with Crippen LogP contribution in [0.2, 0.25) is 0 Å². The standard InChI is InChI=1S/C17H20FN3S/c18-15-3-1-14(2-4-15)11-21-9-6-17(21)5-8-20(13-17)12-16-19-7-10-22-16/h1-4,7,10H,5-6,8-9,11-13H2. The lowest BCUT2D eigenvalue weighted by Crippen LogP contribution is -2.60. The van der Waals surface area contributed by atoms with E-state index in [2.05, 4.69) is 14.8 Å². The Labute approximate surface area is 134 Å². The highest BCUT2D eigenvalue weighted by Crippen LogP contribution is 2.40. The van der Waals surface area contributed by atoms with Crippen molar-refractivity contribution in [1.29, 1.82) is 0 Å². The van der Waals surface area contributed by atoms with Crippen molar-refractivity contribution < 1.29 is 4.39 Å². The number of aromatic nitrogens is 1. The van der Waals surface area contributed by atoms with Gasteiger partial charge in [-0.3, -0.25) is 9.80 Å². The van der Waals surface area contributed by atoms with E-state index in [4.69, 9.17) is 0 Å². The van der Waals surface area contributed by atoms with E-state index < -0.39 is 0 Å². The van der Waals surface area contributed by atoms with Crippen molar-refractivity contribution >= 4 is 11.3 Å². The first-order chi connectivity index (χ1) is 10.7. The van der Waals surface area contributed by atoms with Gasteiger partial charge in [0.1, 0.15) is 10.8 Å². The normalized spacial score (nSPS) is 25.7. The first-order valence-electron chi connectivity index (χ1n) is 7.84. The second-order valence-corrected chi connectivity index (χ2v) is 7.39. The fourth-order valence-corrected chi connectivity index (χ4v) is 4.36. The van der Waals surface area contributed by atoms with E-state index in [1.807, 2.05) is 23.7 Å². The van der Waals surface area contributed by atoms with E-state index in [1.165, 1.54) is 23.4 Å². The van der Waals surface area contributed by atoms with E-state index >= 15 is 0 Å². The molecule has 3 nitrogen and oxygen atoms in total. The molecule has 2 aliphatic rings. The molecular formula is C17H20FN3S. The maximum absolute atomic E-state index is 13.0. The highest BCUT2D eigenvalue weighted by atomic mass is 32.1. The largest absolute Gasteiger partial charge is 0.295 e. The predicted molar refractivity (Wildman–Crippen MR) is 86.2 cm³/mol. The number of thiazole rings is 1. The summed E-state index contributed by atoms with van der Waals surface area (Å²) in [6.07, 6.45) is 4.40. The predicted octanol–water partition coefficient (Wildman–Crippen LogP) is 3.13.